The minimum Gasteiger partial charge on any atom is -0.392 e. The Balaban J connectivity index is 3.76. The zero-order valence-electron chi connectivity index (χ0n) is 11.0. The highest BCUT2D eigenvalue weighted by molar-refractivity contribution is 5.77. The first-order valence-electron chi connectivity index (χ1n) is 6.19. The van der Waals surface area contributed by atoms with Gasteiger partial charge in [-0.15, -0.1) is 0 Å². The first-order valence-corrected chi connectivity index (χ1v) is 6.19. The summed E-state index contributed by atoms with van der Waals surface area (Å²) in [6.45, 7) is 7.62. The SMILES string of the molecule is CCC(CC)C(O)CNCC(=O)N(C)CC. The number of hydrogen-bond donors (Lipinski definition) is 2. The molecule has 1 unspecified atom stereocenters. The van der Waals surface area contributed by atoms with Crippen LogP contribution in [0.5, 0.6) is 0 Å². The predicted octanol–water partition coefficient (Wildman–Crippen LogP) is 0.851. The molecule has 1 amide bonds. The average molecular weight is 230 g/mol. The van der Waals surface area contributed by atoms with Crippen LogP contribution in [0.2, 0.25) is 0 Å². The summed E-state index contributed by atoms with van der Waals surface area (Å²) in [5, 5.41) is 12.8. The summed E-state index contributed by atoms with van der Waals surface area (Å²) in [6, 6.07) is 0. The fourth-order valence-electron chi connectivity index (χ4n) is 1.64. The van der Waals surface area contributed by atoms with Crippen LogP contribution in [0.1, 0.15) is 33.6 Å². The van der Waals surface area contributed by atoms with E-state index in [2.05, 4.69) is 19.2 Å². The minimum atomic E-state index is -0.352. The molecule has 4 nitrogen and oxygen atoms in total. The molecule has 0 spiro atoms. The first-order chi connectivity index (χ1) is 7.56. The number of aliphatic hydroxyl groups is 1. The van der Waals surface area contributed by atoms with Crippen molar-refractivity contribution >= 4 is 5.91 Å². The zero-order valence-corrected chi connectivity index (χ0v) is 11.0. The van der Waals surface area contributed by atoms with Gasteiger partial charge in [-0.3, -0.25) is 4.79 Å². The van der Waals surface area contributed by atoms with Crippen molar-refractivity contribution < 1.29 is 9.90 Å². The van der Waals surface area contributed by atoms with Gasteiger partial charge in [0.25, 0.3) is 0 Å². The number of rotatable bonds is 8. The molecule has 0 fully saturated rings. The molecule has 0 bridgehead atoms. The molecule has 0 aliphatic carbocycles. The maximum absolute atomic E-state index is 11.4. The normalized spacial score (nSPS) is 12.9. The second-order valence-corrected chi connectivity index (χ2v) is 4.18. The molecule has 0 aromatic heterocycles. The van der Waals surface area contributed by atoms with Crippen molar-refractivity contribution in [1.82, 2.24) is 10.2 Å². The lowest BCUT2D eigenvalue weighted by molar-refractivity contribution is -0.128. The van der Waals surface area contributed by atoms with Crippen LogP contribution in [0.4, 0.5) is 0 Å². The van der Waals surface area contributed by atoms with Crippen molar-refractivity contribution in [2.24, 2.45) is 5.92 Å². The standard InChI is InChI=1S/C12H26N2O2/c1-5-10(6-2)11(15)8-13-9-12(16)14(4)7-3/h10-11,13,15H,5-9H2,1-4H3. The number of nitrogens with zero attached hydrogens (tertiary/aromatic N) is 1. The molecule has 0 radical (unpaired) electrons. The van der Waals surface area contributed by atoms with Gasteiger partial charge in [-0.2, -0.15) is 0 Å². The maximum atomic E-state index is 11.4. The van der Waals surface area contributed by atoms with E-state index < -0.39 is 0 Å². The summed E-state index contributed by atoms with van der Waals surface area (Å²) >= 11 is 0. The second-order valence-electron chi connectivity index (χ2n) is 4.18. The number of amides is 1. The highest BCUT2D eigenvalue weighted by atomic mass is 16.3. The van der Waals surface area contributed by atoms with E-state index in [4.69, 9.17) is 0 Å². The molecule has 2 N–H and O–H groups in total. The Bertz CT molecular complexity index is 193. The smallest absolute Gasteiger partial charge is 0.236 e. The molecule has 0 aliphatic heterocycles. The third kappa shape index (κ3) is 5.47. The summed E-state index contributed by atoms with van der Waals surface area (Å²) in [6.07, 6.45) is 1.60. The molecule has 0 aromatic rings. The van der Waals surface area contributed by atoms with Gasteiger partial charge in [0, 0.05) is 20.1 Å². The van der Waals surface area contributed by atoms with E-state index in [9.17, 15) is 9.90 Å². The lowest BCUT2D eigenvalue weighted by Crippen LogP contribution is -2.40. The van der Waals surface area contributed by atoms with Gasteiger partial charge >= 0.3 is 0 Å². The maximum Gasteiger partial charge on any atom is 0.236 e. The quantitative estimate of drug-likeness (QED) is 0.650. The number of nitrogens with one attached hydrogen (secondary N) is 1. The number of hydrogen-bond acceptors (Lipinski definition) is 3. The number of aliphatic hydroxyl groups excluding tert-OH is 1. The second kappa shape index (κ2) is 8.53. The first kappa shape index (κ1) is 15.4. The molecule has 0 saturated carbocycles. The van der Waals surface area contributed by atoms with Crippen LogP contribution in [-0.4, -0.2) is 48.7 Å². The monoisotopic (exact) mass is 230 g/mol. The largest absolute Gasteiger partial charge is 0.392 e. The van der Waals surface area contributed by atoms with Crippen LogP contribution < -0.4 is 5.32 Å². The molecule has 96 valence electrons. The van der Waals surface area contributed by atoms with Gasteiger partial charge in [-0.25, -0.2) is 0 Å². The molecule has 1 atom stereocenters. The molecule has 4 heteroatoms. The topological polar surface area (TPSA) is 52.6 Å². The zero-order chi connectivity index (χ0) is 12.6. The Morgan fingerprint density at radius 1 is 1.31 bits per heavy atom. The summed E-state index contributed by atoms with van der Waals surface area (Å²) in [5.74, 6) is 0.394. The van der Waals surface area contributed by atoms with Gasteiger partial charge in [0.05, 0.1) is 12.6 Å². The van der Waals surface area contributed by atoms with Crippen molar-refractivity contribution in [1.29, 1.82) is 0 Å². The van der Waals surface area contributed by atoms with Gasteiger partial charge in [0.2, 0.25) is 5.91 Å². The number of likely N-dealkylation sites (N-methyl/N-ethyl adjacent to an activating group) is 1. The van der Waals surface area contributed by atoms with E-state index in [-0.39, 0.29) is 12.0 Å². The van der Waals surface area contributed by atoms with Crippen molar-refractivity contribution in [2.75, 3.05) is 26.7 Å². The van der Waals surface area contributed by atoms with Crippen LogP contribution in [0.3, 0.4) is 0 Å². The third-order valence-electron chi connectivity index (χ3n) is 3.12. The van der Waals surface area contributed by atoms with Gasteiger partial charge in [-0.1, -0.05) is 26.7 Å². The van der Waals surface area contributed by atoms with Gasteiger partial charge < -0.3 is 15.3 Å². The molecule has 0 aromatic carbocycles. The van der Waals surface area contributed by atoms with Gasteiger partial charge in [0.15, 0.2) is 0 Å². The van der Waals surface area contributed by atoms with Gasteiger partial charge in [-0.05, 0) is 12.8 Å². The molecular weight excluding hydrogens is 204 g/mol. The highest BCUT2D eigenvalue weighted by Gasteiger charge is 2.15. The van der Waals surface area contributed by atoms with E-state index in [1.807, 2.05) is 6.92 Å². The van der Waals surface area contributed by atoms with Crippen LogP contribution in [0, 0.1) is 5.92 Å². The molecule has 0 heterocycles. The Labute approximate surface area is 99.0 Å². The van der Waals surface area contributed by atoms with Crippen molar-refractivity contribution in [3.63, 3.8) is 0 Å². The lowest BCUT2D eigenvalue weighted by atomic mass is 9.97. The van der Waals surface area contributed by atoms with Crippen LogP contribution >= 0.6 is 0 Å². The fraction of sp³-hybridized carbons (Fsp3) is 0.917. The van der Waals surface area contributed by atoms with E-state index in [0.717, 1.165) is 19.4 Å². The summed E-state index contributed by atoms with van der Waals surface area (Å²) < 4.78 is 0. The number of carbonyl (C=O) groups is 1. The van der Waals surface area contributed by atoms with E-state index in [1.54, 1.807) is 11.9 Å². The average Bonchev–Trinajstić information content (AvgIpc) is 2.29. The molecule has 16 heavy (non-hydrogen) atoms. The Morgan fingerprint density at radius 2 is 1.88 bits per heavy atom. The van der Waals surface area contributed by atoms with Crippen molar-refractivity contribution in [3.05, 3.63) is 0 Å². The molecule has 0 saturated heterocycles. The lowest BCUT2D eigenvalue weighted by Gasteiger charge is -2.21. The minimum absolute atomic E-state index is 0.0687. The van der Waals surface area contributed by atoms with E-state index >= 15 is 0 Å². The predicted molar refractivity (Wildman–Crippen MR) is 66.3 cm³/mol. The van der Waals surface area contributed by atoms with Crippen LogP contribution in [0.25, 0.3) is 0 Å². The molecule has 0 rings (SSSR count). The summed E-state index contributed by atoms with van der Waals surface area (Å²) in [7, 11) is 1.78. The van der Waals surface area contributed by atoms with Crippen molar-refractivity contribution in [3.8, 4) is 0 Å². The van der Waals surface area contributed by atoms with Gasteiger partial charge in [0.1, 0.15) is 0 Å². The summed E-state index contributed by atoms with van der Waals surface area (Å²) in [4.78, 5) is 13.1. The molecule has 0 aliphatic rings. The molecular formula is C12H26N2O2. The Hall–Kier alpha value is -0.610. The van der Waals surface area contributed by atoms with Crippen LogP contribution in [-0.2, 0) is 4.79 Å². The highest BCUT2D eigenvalue weighted by Crippen LogP contribution is 2.11. The van der Waals surface area contributed by atoms with Crippen molar-refractivity contribution in [2.45, 2.75) is 39.7 Å². The van der Waals surface area contributed by atoms with E-state index in [0.29, 0.717) is 19.0 Å². The Kier molecular flexibility index (Phi) is 8.21. The number of carbonyl (C=O) groups excluding carboxylic acids is 1. The fourth-order valence-corrected chi connectivity index (χ4v) is 1.64. The Morgan fingerprint density at radius 3 is 2.31 bits per heavy atom. The summed E-state index contributed by atoms with van der Waals surface area (Å²) in [5.41, 5.74) is 0. The van der Waals surface area contributed by atoms with E-state index in [1.165, 1.54) is 0 Å². The third-order valence-corrected chi connectivity index (χ3v) is 3.12. The van der Waals surface area contributed by atoms with Crippen LogP contribution in [0.15, 0.2) is 0 Å².